The molecular formula is C12H19N5O. The molecule has 18 heavy (non-hydrogen) atoms. The summed E-state index contributed by atoms with van der Waals surface area (Å²) < 4.78 is 0. The maximum Gasteiger partial charge on any atom is 0.157 e. The first-order valence-corrected chi connectivity index (χ1v) is 5.75. The molecule has 0 saturated carbocycles. The molecule has 6 heteroatoms. The number of rotatable bonds is 7. The lowest BCUT2D eigenvalue weighted by Crippen LogP contribution is -2.32. The van der Waals surface area contributed by atoms with Gasteiger partial charge in [-0.15, -0.1) is 6.58 Å². The molecule has 0 spiro atoms. The first kappa shape index (κ1) is 14.1. The van der Waals surface area contributed by atoms with Crippen molar-refractivity contribution in [1.29, 1.82) is 0 Å². The van der Waals surface area contributed by atoms with Crippen molar-refractivity contribution in [1.82, 2.24) is 9.97 Å². The average molecular weight is 249 g/mol. The van der Waals surface area contributed by atoms with Crippen molar-refractivity contribution >= 4 is 17.9 Å². The molecule has 0 fully saturated rings. The second-order valence-electron chi connectivity index (χ2n) is 4.10. The zero-order chi connectivity index (χ0) is 13.5. The minimum absolute atomic E-state index is 0.187. The summed E-state index contributed by atoms with van der Waals surface area (Å²) in [5, 5.41) is 0. The van der Waals surface area contributed by atoms with E-state index in [0.29, 0.717) is 37.3 Å². The molecule has 1 aromatic heterocycles. The molecule has 0 atom stereocenters. The van der Waals surface area contributed by atoms with Crippen molar-refractivity contribution in [3.63, 3.8) is 0 Å². The van der Waals surface area contributed by atoms with Crippen LogP contribution in [0.4, 0.5) is 11.6 Å². The molecule has 0 unspecified atom stereocenters. The van der Waals surface area contributed by atoms with Gasteiger partial charge in [0, 0.05) is 19.6 Å². The van der Waals surface area contributed by atoms with Gasteiger partial charge in [-0.1, -0.05) is 5.57 Å². The van der Waals surface area contributed by atoms with E-state index in [9.17, 15) is 4.79 Å². The molecule has 0 bridgehead atoms. The van der Waals surface area contributed by atoms with Crippen molar-refractivity contribution in [2.24, 2.45) is 5.73 Å². The Morgan fingerprint density at radius 1 is 1.50 bits per heavy atom. The molecule has 0 aromatic carbocycles. The molecule has 98 valence electrons. The van der Waals surface area contributed by atoms with E-state index in [0.717, 1.165) is 12.0 Å². The number of anilines is 2. The number of nitrogens with two attached hydrogens (primary N) is 2. The van der Waals surface area contributed by atoms with Crippen molar-refractivity contribution in [3.05, 3.63) is 24.0 Å². The van der Waals surface area contributed by atoms with Crippen molar-refractivity contribution in [2.75, 3.05) is 30.3 Å². The largest absolute Gasteiger partial charge is 0.383 e. The molecule has 0 aliphatic carbocycles. The van der Waals surface area contributed by atoms with E-state index < -0.39 is 0 Å². The fourth-order valence-electron chi connectivity index (χ4n) is 1.57. The second kappa shape index (κ2) is 6.70. The lowest BCUT2D eigenvalue weighted by molar-refractivity contribution is 0.112. The van der Waals surface area contributed by atoms with E-state index in [-0.39, 0.29) is 5.82 Å². The highest BCUT2D eigenvalue weighted by Crippen LogP contribution is 2.19. The van der Waals surface area contributed by atoms with Crippen LogP contribution in [0.25, 0.3) is 0 Å². The summed E-state index contributed by atoms with van der Waals surface area (Å²) in [7, 11) is 0. The molecule has 0 saturated heterocycles. The summed E-state index contributed by atoms with van der Waals surface area (Å²) in [5.41, 5.74) is 12.6. The minimum Gasteiger partial charge on any atom is -0.383 e. The fourth-order valence-corrected chi connectivity index (χ4v) is 1.57. The van der Waals surface area contributed by atoms with Crippen LogP contribution in [0.3, 0.4) is 0 Å². The summed E-state index contributed by atoms with van der Waals surface area (Å²) >= 11 is 0. The first-order chi connectivity index (χ1) is 8.60. The van der Waals surface area contributed by atoms with Crippen molar-refractivity contribution in [2.45, 2.75) is 13.3 Å². The third-order valence-corrected chi connectivity index (χ3v) is 2.52. The smallest absolute Gasteiger partial charge is 0.157 e. The number of aromatic nitrogens is 2. The number of aldehydes is 1. The first-order valence-electron chi connectivity index (χ1n) is 5.75. The maximum absolute atomic E-state index is 11.1. The predicted octanol–water partition coefficient (Wildman–Crippen LogP) is 0.603. The highest BCUT2D eigenvalue weighted by atomic mass is 16.1. The Morgan fingerprint density at radius 3 is 2.78 bits per heavy atom. The quantitative estimate of drug-likeness (QED) is 0.542. The Labute approximate surface area is 107 Å². The van der Waals surface area contributed by atoms with E-state index in [2.05, 4.69) is 16.5 Å². The van der Waals surface area contributed by atoms with E-state index in [1.807, 2.05) is 11.8 Å². The van der Waals surface area contributed by atoms with Gasteiger partial charge in [-0.25, -0.2) is 9.97 Å². The van der Waals surface area contributed by atoms with Crippen LogP contribution in [0.5, 0.6) is 0 Å². The lowest BCUT2D eigenvalue weighted by Gasteiger charge is -2.24. The molecule has 0 amide bonds. The zero-order valence-corrected chi connectivity index (χ0v) is 10.6. The molecule has 6 nitrogen and oxygen atoms in total. The number of hydrogen-bond acceptors (Lipinski definition) is 6. The van der Waals surface area contributed by atoms with E-state index in [4.69, 9.17) is 11.5 Å². The summed E-state index contributed by atoms with van der Waals surface area (Å²) in [6.45, 7) is 7.58. The zero-order valence-electron chi connectivity index (χ0n) is 10.6. The number of nitrogens with zero attached hydrogens (tertiary/aromatic N) is 3. The highest BCUT2D eigenvalue weighted by Gasteiger charge is 2.14. The van der Waals surface area contributed by atoms with Crippen molar-refractivity contribution < 1.29 is 4.79 Å². The van der Waals surface area contributed by atoms with Crippen molar-refractivity contribution in [3.8, 4) is 0 Å². The van der Waals surface area contributed by atoms with Gasteiger partial charge in [-0.3, -0.25) is 4.79 Å². The van der Waals surface area contributed by atoms with Crippen LogP contribution in [0.1, 0.15) is 23.7 Å². The monoisotopic (exact) mass is 249 g/mol. The van der Waals surface area contributed by atoms with E-state index in [1.165, 1.54) is 6.33 Å². The van der Waals surface area contributed by atoms with Gasteiger partial charge in [0.15, 0.2) is 6.29 Å². The normalized spacial score (nSPS) is 10.1. The van der Waals surface area contributed by atoms with Crippen LogP contribution in [0.15, 0.2) is 18.5 Å². The number of carbonyl (C=O) groups is 1. The molecule has 1 aromatic rings. The predicted molar refractivity (Wildman–Crippen MR) is 72.5 cm³/mol. The summed E-state index contributed by atoms with van der Waals surface area (Å²) in [5.74, 6) is 0.719. The highest BCUT2D eigenvalue weighted by molar-refractivity contribution is 5.88. The molecule has 1 heterocycles. The van der Waals surface area contributed by atoms with Gasteiger partial charge in [0.25, 0.3) is 0 Å². The third-order valence-electron chi connectivity index (χ3n) is 2.52. The van der Waals surface area contributed by atoms with Crippen LogP contribution in [-0.4, -0.2) is 35.9 Å². The minimum atomic E-state index is 0.187. The number of nitrogen functional groups attached to an aromatic ring is 1. The van der Waals surface area contributed by atoms with Gasteiger partial charge >= 0.3 is 0 Å². The molecular weight excluding hydrogens is 230 g/mol. The maximum atomic E-state index is 11.1. The number of hydrogen-bond donors (Lipinski definition) is 2. The lowest BCUT2D eigenvalue weighted by atomic mass is 10.2. The van der Waals surface area contributed by atoms with Crippen LogP contribution in [0.2, 0.25) is 0 Å². The van der Waals surface area contributed by atoms with Gasteiger partial charge in [0.05, 0.1) is 5.56 Å². The molecule has 1 rings (SSSR count). The van der Waals surface area contributed by atoms with Gasteiger partial charge in [-0.2, -0.15) is 0 Å². The van der Waals surface area contributed by atoms with Gasteiger partial charge in [0.2, 0.25) is 0 Å². The molecule has 0 aliphatic rings. The topological polar surface area (TPSA) is 98.1 Å². The molecule has 4 N–H and O–H groups in total. The van der Waals surface area contributed by atoms with Crippen LogP contribution < -0.4 is 16.4 Å². The standard InChI is InChI=1S/C12H19N5O/c1-9(2)3-5-17(6-4-13)12-10(7-18)11(14)15-8-16-12/h7-8H,1,3-6,13H2,2H3,(H2,14,15,16). The Morgan fingerprint density at radius 2 is 2.22 bits per heavy atom. The van der Waals surface area contributed by atoms with Gasteiger partial charge in [-0.05, 0) is 13.3 Å². The Bertz CT molecular complexity index is 432. The van der Waals surface area contributed by atoms with Crippen LogP contribution >= 0.6 is 0 Å². The van der Waals surface area contributed by atoms with Gasteiger partial charge in [0.1, 0.15) is 18.0 Å². The Kier molecular flexibility index (Phi) is 5.26. The summed E-state index contributed by atoms with van der Waals surface area (Å²) in [6.07, 6.45) is 2.83. The molecule has 0 radical (unpaired) electrons. The summed E-state index contributed by atoms with van der Waals surface area (Å²) in [6, 6.07) is 0. The second-order valence-corrected chi connectivity index (χ2v) is 4.10. The van der Waals surface area contributed by atoms with E-state index >= 15 is 0 Å². The Hall–Kier alpha value is -1.95. The SMILES string of the molecule is C=C(C)CCN(CCN)c1ncnc(N)c1C=O. The van der Waals surface area contributed by atoms with Gasteiger partial charge < -0.3 is 16.4 Å². The van der Waals surface area contributed by atoms with E-state index in [1.54, 1.807) is 0 Å². The summed E-state index contributed by atoms with van der Waals surface area (Å²) in [4.78, 5) is 20.9. The third kappa shape index (κ3) is 3.53. The average Bonchev–Trinajstić information content (AvgIpc) is 2.34. The number of carbonyl (C=O) groups excluding carboxylic acids is 1. The fraction of sp³-hybridized carbons (Fsp3) is 0.417. The van der Waals surface area contributed by atoms with Crippen LogP contribution in [0, 0.1) is 0 Å². The Balaban J connectivity index is 3.00. The molecule has 0 aliphatic heterocycles. The van der Waals surface area contributed by atoms with Crippen LogP contribution in [-0.2, 0) is 0 Å².